The van der Waals surface area contributed by atoms with E-state index in [2.05, 4.69) is 25.8 Å². The summed E-state index contributed by atoms with van der Waals surface area (Å²) >= 11 is 5.97. The molecule has 4 rings (SSSR count). The molecule has 4 aromatic rings. The number of carbonyl (C=O) groups excluding carboxylic acids is 2. The van der Waals surface area contributed by atoms with Crippen molar-refractivity contribution < 1.29 is 9.59 Å². The summed E-state index contributed by atoms with van der Waals surface area (Å²) in [4.78, 5) is 37.7. The number of aromatic nitrogens is 3. The molecule has 148 valence electrons. The predicted molar refractivity (Wildman–Crippen MR) is 114 cm³/mol. The summed E-state index contributed by atoms with van der Waals surface area (Å²) in [5.41, 5.74) is 8.14. The van der Waals surface area contributed by atoms with Gasteiger partial charge in [-0.3, -0.25) is 20.4 Å². The minimum Gasteiger partial charge on any atom is -0.267 e. The van der Waals surface area contributed by atoms with Crippen LogP contribution in [0, 0.1) is 6.92 Å². The molecule has 2 amide bonds. The van der Waals surface area contributed by atoms with Gasteiger partial charge in [0.1, 0.15) is 6.33 Å². The van der Waals surface area contributed by atoms with Gasteiger partial charge in [-0.2, -0.15) is 0 Å². The zero-order valence-corrected chi connectivity index (χ0v) is 16.6. The number of fused-ring (bicyclic) bond motifs is 1. The number of carbonyl (C=O) groups is 2. The van der Waals surface area contributed by atoms with Gasteiger partial charge in [0.05, 0.1) is 28.0 Å². The molecule has 2 aromatic heterocycles. The molecule has 0 spiro atoms. The maximum Gasteiger partial charge on any atom is 0.273 e. The number of halogens is 1. The van der Waals surface area contributed by atoms with Crippen LogP contribution in [-0.2, 0) is 0 Å². The maximum absolute atomic E-state index is 12.9. The number of hydrogen-bond acceptors (Lipinski definition) is 5. The van der Waals surface area contributed by atoms with Crippen LogP contribution in [0.5, 0.6) is 0 Å². The Hall–Kier alpha value is -3.84. The van der Waals surface area contributed by atoms with Crippen molar-refractivity contribution in [3.8, 4) is 11.3 Å². The van der Waals surface area contributed by atoms with Gasteiger partial charge in [-0.15, -0.1) is 0 Å². The molecule has 30 heavy (non-hydrogen) atoms. The summed E-state index contributed by atoms with van der Waals surface area (Å²) < 4.78 is 0. The average Bonchev–Trinajstić information content (AvgIpc) is 2.77. The van der Waals surface area contributed by atoms with E-state index >= 15 is 0 Å². The first-order valence-corrected chi connectivity index (χ1v) is 9.44. The highest BCUT2D eigenvalue weighted by Gasteiger charge is 2.16. The Bertz CT molecular complexity index is 1260. The summed E-state index contributed by atoms with van der Waals surface area (Å²) in [6, 6.07) is 16.2. The molecule has 2 heterocycles. The molecule has 0 unspecified atom stereocenters. The monoisotopic (exact) mass is 417 g/mol. The van der Waals surface area contributed by atoms with Gasteiger partial charge >= 0.3 is 0 Å². The van der Waals surface area contributed by atoms with Gasteiger partial charge < -0.3 is 0 Å². The van der Waals surface area contributed by atoms with Crippen molar-refractivity contribution in [2.45, 2.75) is 6.92 Å². The van der Waals surface area contributed by atoms with Crippen molar-refractivity contribution in [1.82, 2.24) is 25.8 Å². The van der Waals surface area contributed by atoms with Gasteiger partial charge in [0.15, 0.2) is 0 Å². The second-order valence-electron chi connectivity index (χ2n) is 6.51. The van der Waals surface area contributed by atoms with Gasteiger partial charge in [-0.1, -0.05) is 41.9 Å². The van der Waals surface area contributed by atoms with Crippen LogP contribution < -0.4 is 10.9 Å². The van der Waals surface area contributed by atoms with Gasteiger partial charge in [0.25, 0.3) is 11.8 Å². The van der Waals surface area contributed by atoms with Crippen LogP contribution in [0.4, 0.5) is 0 Å². The molecule has 0 aliphatic rings. The number of hydrogen-bond donors (Lipinski definition) is 2. The molecule has 0 bridgehead atoms. The number of pyridine rings is 1. The Balaban J connectivity index is 1.65. The minimum absolute atomic E-state index is 0.277. The fraction of sp³-hybridized carbons (Fsp3) is 0.0455. The van der Waals surface area contributed by atoms with Crippen LogP contribution in [-0.4, -0.2) is 26.8 Å². The Morgan fingerprint density at radius 1 is 0.933 bits per heavy atom. The molecule has 2 N–H and O–H groups in total. The number of nitrogens with zero attached hydrogens (tertiary/aromatic N) is 3. The number of para-hydroxylation sites is 1. The van der Waals surface area contributed by atoms with Crippen LogP contribution in [0.2, 0.25) is 5.02 Å². The highest BCUT2D eigenvalue weighted by molar-refractivity contribution is 6.30. The summed E-state index contributed by atoms with van der Waals surface area (Å²) in [7, 11) is 0. The molecular weight excluding hydrogens is 402 g/mol. The van der Waals surface area contributed by atoms with Crippen molar-refractivity contribution >= 4 is 34.3 Å². The van der Waals surface area contributed by atoms with Crippen LogP contribution in [0.25, 0.3) is 22.2 Å². The largest absolute Gasteiger partial charge is 0.273 e. The molecule has 8 heteroatoms. The SMILES string of the molecule is Cc1ncncc1C(=O)NNC(=O)c1cc(-c2ccc(Cl)cc2)nc2ccccc12. The number of hydrazine groups is 1. The highest BCUT2D eigenvalue weighted by atomic mass is 35.5. The summed E-state index contributed by atoms with van der Waals surface area (Å²) in [6.07, 6.45) is 2.75. The number of amides is 2. The number of aryl methyl sites for hydroxylation is 1. The quantitative estimate of drug-likeness (QED) is 0.495. The van der Waals surface area contributed by atoms with Gasteiger partial charge in [-0.05, 0) is 31.2 Å². The second kappa shape index (κ2) is 8.26. The van der Waals surface area contributed by atoms with E-state index in [1.54, 1.807) is 31.2 Å². The van der Waals surface area contributed by atoms with E-state index in [1.165, 1.54) is 12.5 Å². The van der Waals surface area contributed by atoms with E-state index in [0.29, 0.717) is 32.9 Å². The Kier molecular flexibility index (Phi) is 5.36. The van der Waals surface area contributed by atoms with E-state index in [-0.39, 0.29) is 5.56 Å². The zero-order chi connectivity index (χ0) is 21.1. The van der Waals surface area contributed by atoms with Gasteiger partial charge in [0.2, 0.25) is 0 Å². The topological polar surface area (TPSA) is 96.9 Å². The maximum atomic E-state index is 12.9. The third-order valence-corrected chi connectivity index (χ3v) is 4.80. The number of benzene rings is 2. The lowest BCUT2D eigenvalue weighted by atomic mass is 10.0. The molecule has 0 radical (unpaired) electrons. The van der Waals surface area contributed by atoms with E-state index in [1.807, 2.05) is 30.3 Å². The van der Waals surface area contributed by atoms with Gasteiger partial charge in [-0.25, -0.2) is 15.0 Å². The molecule has 0 aliphatic heterocycles. The lowest BCUT2D eigenvalue weighted by Crippen LogP contribution is -2.42. The van der Waals surface area contributed by atoms with Crippen LogP contribution in [0.1, 0.15) is 26.4 Å². The third-order valence-electron chi connectivity index (χ3n) is 4.55. The Morgan fingerprint density at radius 2 is 1.63 bits per heavy atom. The first-order valence-electron chi connectivity index (χ1n) is 9.06. The van der Waals surface area contributed by atoms with Crippen LogP contribution in [0.15, 0.2) is 67.1 Å². The third kappa shape index (κ3) is 3.97. The number of nitrogens with one attached hydrogen (secondary N) is 2. The smallest absolute Gasteiger partial charge is 0.267 e. The molecule has 2 aromatic carbocycles. The lowest BCUT2D eigenvalue weighted by molar-refractivity contribution is 0.0846. The molecule has 0 atom stereocenters. The van der Waals surface area contributed by atoms with Crippen molar-refractivity contribution in [1.29, 1.82) is 0 Å². The van der Waals surface area contributed by atoms with E-state index < -0.39 is 11.8 Å². The lowest BCUT2D eigenvalue weighted by Gasteiger charge is -2.12. The summed E-state index contributed by atoms with van der Waals surface area (Å²) in [6.45, 7) is 1.69. The second-order valence-corrected chi connectivity index (χ2v) is 6.95. The standard InChI is InChI=1S/C22H16ClN5O2/c1-13-18(11-24-12-25-13)22(30)28-27-21(29)17-10-20(14-6-8-15(23)9-7-14)26-19-5-3-2-4-16(17)19/h2-12H,1H3,(H,27,29)(H,28,30). The van der Waals surface area contributed by atoms with Crippen molar-refractivity contribution in [3.63, 3.8) is 0 Å². The summed E-state index contributed by atoms with van der Waals surface area (Å²) in [5.74, 6) is -0.968. The predicted octanol–water partition coefficient (Wildman–Crippen LogP) is 3.73. The van der Waals surface area contributed by atoms with Crippen LogP contribution >= 0.6 is 11.6 Å². The molecular formula is C22H16ClN5O2. The summed E-state index contributed by atoms with van der Waals surface area (Å²) in [5, 5.41) is 1.28. The molecule has 0 saturated heterocycles. The average molecular weight is 418 g/mol. The Labute approximate surface area is 177 Å². The van der Waals surface area contributed by atoms with Gasteiger partial charge in [0, 0.05) is 22.2 Å². The highest BCUT2D eigenvalue weighted by Crippen LogP contribution is 2.25. The first-order chi connectivity index (χ1) is 14.5. The Morgan fingerprint density at radius 3 is 2.37 bits per heavy atom. The van der Waals surface area contributed by atoms with E-state index in [0.717, 1.165) is 5.56 Å². The first kappa shape index (κ1) is 19.5. The fourth-order valence-corrected chi connectivity index (χ4v) is 3.12. The van der Waals surface area contributed by atoms with Crippen LogP contribution in [0.3, 0.4) is 0 Å². The zero-order valence-electron chi connectivity index (χ0n) is 15.9. The van der Waals surface area contributed by atoms with Crippen molar-refractivity contribution in [3.05, 3.63) is 89.0 Å². The molecule has 0 saturated carbocycles. The van der Waals surface area contributed by atoms with E-state index in [9.17, 15) is 9.59 Å². The molecule has 0 fully saturated rings. The van der Waals surface area contributed by atoms with E-state index in [4.69, 9.17) is 11.6 Å². The van der Waals surface area contributed by atoms with Crippen molar-refractivity contribution in [2.75, 3.05) is 0 Å². The van der Waals surface area contributed by atoms with Crippen molar-refractivity contribution in [2.24, 2.45) is 0 Å². The molecule has 7 nitrogen and oxygen atoms in total. The number of rotatable bonds is 3. The fourth-order valence-electron chi connectivity index (χ4n) is 2.99. The normalized spacial score (nSPS) is 10.6. The molecule has 0 aliphatic carbocycles. The minimum atomic E-state index is -0.502.